The van der Waals surface area contributed by atoms with Crippen molar-refractivity contribution in [3.05, 3.63) is 70.0 Å². The lowest BCUT2D eigenvalue weighted by Crippen LogP contribution is -2.13. The standard InChI is InChI=1S/C14H13ClFN/c1-9-8-10(16)6-7-11(9)14(17)12-4-2-3-5-13(12)15/h2-8,14H,17H2,1H3. The van der Waals surface area contributed by atoms with Crippen LogP contribution < -0.4 is 5.73 Å². The zero-order chi connectivity index (χ0) is 12.4. The van der Waals surface area contributed by atoms with Crippen LogP contribution in [0, 0.1) is 12.7 Å². The van der Waals surface area contributed by atoms with Crippen molar-refractivity contribution in [3.63, 3.8) is 0 Å². The van der Waals surface area contributed by atoms with E-state index in [4.69, 9.17) is 17.3 Å². The molecule has 1 atom stereocenters. The minimum Gasteiger partial charge on any atom is -0.320 e. The Hall–Kier alpha value is -1.38. The summed E-state index contributed by atoms with van der Waals surface area (Å²) in [5, 5.41) is 0.628. The highest BCUT2D eigenvalue weighted by Crippen LogP contribution is 2.28. The predicted octanol–water partition coefficient (Wildman–Crippen LogP) is 3.84. The molecule has 0 aliphatic rings. The van der Waals surface area contributed by atoms with E-state index in [2.05, 4.69) is 0 Å². The second-order valence-electron chi connectivity index (χ2n) is 4.00. The smallest absolute Gasteiger partial charge is 0.123 e. The Balaban J connectivity index is 2.44. The topological polar surface area (TPSA) is 26.0 Å². The van der Waals surface area contributed by atoms with E-state index in [9.17, 15) is 4.39 Å². The Morgan fingerprint density at radius 2 is 1.82 bits per heavy atom. The number of hydrogen-bond acceptors (Lipinski definition) is 1. The first kappa shape index (κ1) is 12.1. The Morgan fingerprint density at radius 1 is 1.12 bits per heavy atom. The minimum atomic E-state index is -0.329. The summed E-state index contributed by atoms with van der Waals surface area (Å²) in [4.78, 5) is 0. The maximum Gasteiger partial charge on any atom is 0.123 e. The zero-order valence-corrected chi connectivity index (χ0v) is 10.2. The Morgan fingerprint density at radius 3 is 2.47 bits per heavy atom. The summed E-state index contributed by atoms with van der Waals surface area (Å²) in [6.07, 6.45) is 0. The molecule has 1 nitrogen and oxygen atoms in total. The Kier molecular flexibility index (Phi) is 3.46. The number of hydrogen-bond donors (Lipinski definition) is 1. The number of rotatable bonds is 2. The lowest BCUT2D eigenvalue weighted by atomic mass is 9.96. The first-order chi connectivity index (χ1) is 8.09. The lowest BCUT2D eigenvalue weighted by Gasteiger charge is -2.16. The van der Waals surface area contributed by atoms with Crippen molar-refractivity contribution in [1.82, 2.24) is 0 Å². The maximum atomic E-state index is 13.0. The summed E-state index contributed by atoms with van der Waals surface area (Å²) in [5.41, 5.74) is 8.73. The molecule has 0 fully saturated rings. The molecule has 1 unspecified atom stereocenters. The molecule has 0 bridgehead atoms. The Bertz CT molecular complexity index is 539. The summed E-state index contributed by atoms with van der Waals surface area (Å²) in [5.74, 6) is -0.252. The molecule has 0 aliphatic carbocycles. The number of nitrogens with two attached hydrogens (primary N) is 1. The molecule has 0 saturated carbocycles. The van der Waals surface area contributed by atoms with E-state index in [1.165, 1.54) is 12.1 Å². The SMILES string of the molecule is Cc1cc(F)ccc1C(N)c1ccccc1Cl. The van der Waals surface area contributed by atoms with Gasteiger partial charge in [0, 0.05) is 5.02 Å². The van der Waals surface area contributed by atoms with E-state index in [0.29, 0.717) is 5.02 Å². The molecule has 2 aromatic rings. The van der Waals surface area contributed by atoms with Crippen LogP contribution in [0.15, 0.2) is 42.5 Å². The monoisotopic (exact) mass is 249 g/mol. The van der Waals surface area contributed by atoms with Gasteiger partial charge in [-0.15, -0.1) is 0 Å². The van der Waals surface area contributed by atoms with E-state index < -0.39 is 0 Å². The third-order valence-corrected chi connectivity index (χ3v) is 3.15. The highest BCUT2D eigenvalue weighted by atomic mass is 35.5. The van der Waals surface area contributed by atoms with Crippen LogP contribution in [0.1, 0.15) is 22.7 Å². The van der Waals surface area contributed by atoms with Crippen LogP contribution in [0.3, 0.4) is 0 Å². The van der Waals surface area contributed by atoms with Gasteiger partial charge in [0.05, 0.1) is 6.04 Å². The largest absolute Gasteiger partial charge is 0.320 e. The molecule has 0 aliphatic heterocycles. The molecule has 0 spiro atoms. The molecule has 0 radical (unpaired) electrons. The fourth-order valence-corrected chi connectivity index (χ4v) is 2.14. The molecule has 3 heteroatoms. The lowest BCUT2D eigenvalue weighted by molar-refractivity contribution is 0.624. The summed E-state index contributed by atoms with van der Waals surface area (Å²) >= 11 is 6.10. The zero-order valence-electron chi connectivity index (χ0n) is 9.45. The Labute approximate surface area is 105 Å². The molecule has 2 rings (SSSR count). The van der Waals surface area contributed by atoms with Gasteiger partial charge in [0.1, 0.15) is 5.82 Å². The molecule has 0 heterocycles. The van der Waals surface area contributed by atoms with Crippen molar-refractivity contribution in [2.24, 2.45) is 5.73 Å². The van der Waals surface area contributed by atoms with Gasteiger partial charge in [-0.2, -0.15) is 0 Å². The van der Waals surface area contributed by atoms with Gasteiger partial charge >= 0.3 is 0 Å². The predicted molar refractivity (Wildman–Crippen MR) is 68.6 cm³/mol. The van der Waals surface area contributed by atoms with Crippen LogP contribution >= 0.6 is 11.6 Å². The second kappa shape index (κ2) is 4.86. The molecule has 17 heavy (non-hydrogen) atoms. The van der Waals surface area contributed by atoms with Crippen molar-refractivity contribution in [2.75, 3.05) is 0 Å². The molecular weight excluding hydrogens is 237 g/mol. The third-order valence-electron chi connectivity index (χ3n) is 2.81. The highest BCUT2D eigenvalue weighted by molar-refractivity contribution is 6.31. The van der Waals surface area contributed by atoms with Crippen LogP contribution in [-0.4, -0.2) is 0 Å². The summed E-state index contributed by atoms with van der Waals surface area (Å²) in [7, 11) is 0. The fraction of sp³-hybridized carbons (Fsp3) is 0.143. The van der Waals surface area contributed by atoms with Gasteiger partial charge in [0.15, 0.2) is 0 Å². The van der Waals surface area contributed by atoms with Crippen LogP contribution in [0.5, 0.6) is 0 Å². The molecule has 88 valence electrons. The van der Waals surface area contributed by atoms with Gasteiger partial charge in [0.25, 0.3) is 0 Å². The minimum absolute atomic E-state index is 0.252. The van der Waals surface area contributed by atoms with Gasteiger partial charge < -0.3 is 5.73 Å². The van der Waals surface area contributed by atoms with E-state index in [-0.39, 0.29) is 11.9 Å². The van der Waals surface area contributed by atoms with Crippen molar-refractivity contribution >= 4 is 11.6 Å². The van der Waals surface area contributed by atoms with E-state index >= 15 is 0 Å². The van der Waals surface area contributed by atoms with Crippen LogP contribution in [0.25, 0.3) is 0 Å². The van der Waals surface area contributed by atoms with E-state index in [1.807, 2.05) is 25.1 Å². The van der Waals surface area contributed by atoms with Crippen molar-refractivity contribution in [1.29, 1.82) is 0 Å². The van der Waals surface area contributed by atoms with Crippen molar-refractivity contribution in [2.45, 2.75) is 13.0 Å². The van der Waals surface area contributed by atoms with Crippen LogP contribution in [-0.2, 0) is 0 Å². The normalized spacial score (nSPS) is 12.5. The average Bonchev–Trinajstić information content (AvgIpc) is 2.29. The summed E-state index contributed by atoms with van der Waals surface area (Å²) in [6, 6.07) is 11.7. The highest BCUT2D eigenvalue weighted by Gasteiger charge is 2.14. The van der Waals surface area contributed by atoms with Crippen molar-refractivity contribution < 1.29 is 4.39 Å². The van der Waals surface area contributed by atoms with E-state index in [0.717, 1.165) is 16.7 Å². The number of halogens is 2. The summed E-state index contributed by atoms with van der Waals surface area (Å²) < 4.78 is 13.0. The molecule has 2 N–H and O–H groups in total. The quantitative estimate of drug-likeness (QED) is 0.860. The average molecular weight is 250 g/mol. The number of benzene rings is 2. The fourth-order valence-electron chi connectivity index (χ4n) is 1.88. The van der Waals surface area contributed by atoms with Crippen LogP contribution in [0.2, 0.25) is 5.02 Å². The molecular formula is C14H13ClFN. The van der Waals surface area contributed by atoms with Crippen LogP contribution in [0.4, 0.5) is 4.39 Å². The summed E-state index contributed by atoms with van der Waals surface area (Å²) in [6.45, 7) is 1.84. The van der Waals surface area contributed by atoms with Gasteiger partial charge in [-0.25, -0.2) is 4.39 Å². The van der Waals surface area contributed by atoms with Gasteiger partial charge in [0.2, 0.25) is 0 Å². The molecule has 0 aromatic heterocycles. The maximum absolute atomic E-state index is 13.0. The third kappa shape index (κ3) is 2.48. The van der Waals surface area contributed by atoms with Crippen molar-refractivity contribution in [3.8, 4) is 0 Å². The van der Waals surface area contributed by atoms with Gasteiger partial charge in [-0.3, -0.25) is 0 Å². The first-order valence-corrected chi connectivity index (χ1v) is 5.73. The molecule has 0 amide bonds. The molecule has 2 aromatic carbocycles. The molecule has 0 saturated heterocycles. The van der Waals surface area contributed by atoms with Gasteiger partial charge in [-0.1, -0.05) is 35.9 Å². The second-order valence-corrected chi connectivity index (χ2v) is 4.41. The first-order valence-electron chi connectivity index (χ1n) is 5.35. The van der Waals surface area contributed by atoms with Gasteiger partial charge in [-0.05, 0) is 41.8 Å². The van der Waals surface area contributed by atoms with E-state index in [1.54, 1.807) is 12.1 Å². The number of aryl methyl sites for hydroxylation is 1.